The van der Waals surface area contributed by atoms with E-state index in [0.29, 0.717) is 49.3 Å². The van der Waals surface area contributed by atoms with Crippen LogP contribution in [0.1, 0.15) is 17.2 Å². The Morgan fingerprint density at radius 3 is 2.33 bits per heavy atom. The first-order chi connectivity index (χ1) is 14.5. The van der Waals surface area contributed by atoms with Crippen LogP contribution in [0, 0.1) is 0 Å². The third-order valence-corrected chi connectivity index (χ3v) is 5.76. The highest BCUT2D eigenvalue weighted by atomic mass is 35.5. The van der Waals surface area contributed by atoms with E-state index >= 15 is 0 Å². The van der Waals surface area contributed by atoms with Crippen LogP contribution in [0.5, 0.6) is 0 Å². The van der Waals surface area contributed by atoms with E-state index in [1.807, 2.05) is 30.3 Å². The molecule has 0 aromatic heterocycles. The first-order valence-corrected chi connectivity index (χ1v) is 10.5. The minimum absolute atomic E-state index is 0.0333. The number of carbonyl (C=O) groups excluding carboxylic acids is 2. The van der Waals surface area contributed by atoms with Gasteiger partial charge in [-0.3, -0.25) is 14.6 Å². The highest BCUT2D eigenvalue weighted by Gasteiger charge is 2.32. The number of hydrogen-bond acceptors (Lipinski definition) is 5. The van der Waals surface area contributed by atoms with Gasteiger partial charge in [-0.25, -0.2) is 4.79 Å². The number of halogens is 2. The topological polar surface area (TPSA) is 61.9 Å². The molecule has 6 nitrogen and oxygen atoms in total. The Labute approximate surface area is 186 Å². The summed E-state index contributed by atoms with van der Waals surface area (Å²) in [5.41, 5.74) is 1.73. The molecule has 2 aromatic rings. The highest BCUT2D eigenvalue weighted by Crippen LogP contribution is 2.29. The average Bonchev–Trinajstić information content (AvgIpc) is 2.76. The van der Waals surface area contributed by atoms with Crippen molar-refractivity contribution >= 4 is 35.1 Å². The predicted octanol–water partition coefficient (Wildman–Crippen LogP) is 3.14. The summed E-state index contributed by atoms with van der Waals surface area (Å²) in [4.78, 5) is 28.9. The third kappa shape index (κ3) is 5.95. The Morgan fingerprint density at radius 2 is 1.70 bits per heavy atom. The number of methoxy groups -OCH3 is 1. The quantitative estimate of drug-likeness (QED) is 0.657. The number of amides is 1. The lowest BCUT2D eigenvalue weighted by Crippen LogP contribution is -2.51. The lowest BCUT2D eigenvalue weighted by Gasteiger charge is -2.38. The van der Waals surface area contributed by atoms with Crippen molar-refractivity contribution in [2.45, 2.75) is 12.6 Å². The molecule has 1 N–H and O–H groups in total. The van der Waals surface area contributed by atoms with Crippen LogP contribution in [0.4, 0.5) is 0 Å². The molecule has 0 saturated carbocycles. The van der Waals surface area contributed by atoms with Crippen LogP contribution in [-0.4, -0.2) is 61.5 Å². The van der Waals surface area contributed by atoms with Crippen molar-refractivity contribution in [2.75, 3.05) is 39.8 Å². The van der Waals surface area contributed by atoms with Crippen LogP contribution in [0.25, 0.3) is 0 Å². The molecule has 8 heteroatoms. The van der Waals surface area contributed by atoms with E-state index in [4.69, 9.17) is 27.9 Å². The van der Waals surface area contributed by atoms with Gasteiger partial charge in [0.25, 0.3) is 0 Å². The van der Waals surface area contributed by atoms with E-state index in [-0.39, 0.29) is 11.9 Å². The predicted molar refractivity (Wildman–Crippen MR) is 118 cm³/mol. The molecule has 1 unspecified atom stereocenters. The summed E-state index contributed by atoms with van der Waals surface area (Å²) in [5, 5.41) is 4.14. The summed E-state index contributed by atoms with van der Waals surface area (Å²) < 4.78 is 5.02. The van der Waals surface area contributed by atoms with Crippen molar-refractivity contribution in [3.05, 3.63) is 69.7 Å². The van der Waals surface area contributed by atoms with Gasteiger partial charge in [0.15, 0.2) is 0 Å². The SMILES string of the molecule is COC(=O)C(c1ccccc1Cl)N1CCN(CC(=O)NCc2ccc(Cl)cc2)CC1. The molecule has 0 spiro atoms. The van der Waals surface area contributed by atoms with Gasteiger partial charge in [0.1, 0.15) is 6.04 Å². The Bertz CT molecular complexity index is 868. The Balaban J connectivity index is 1.52. The highest BCUT2D eigenvalue weighted by molar-refractivity contribution is 6.31. The minimum atomic E-state index is -0.551. The van der Waals surface area contributed by atoms with Gasteiger partial charge in [0, 0.05) is 42.8 Å². The van der Waals surface area contributed by atoms with Gasteiger partial charge >= 0.3 is 5.97 Å². The van der Waals surface area contributed by atoms with Crippen LogP contribution in [0.15, 0.2) is 48.5 Å². The number of nitrogens with one attached hydrogen (secondary N) is 1. The molecule has 1 atom stereocenters. The lowest BCUT2D eigenvalue weighted by atomic mass is 10.0. The number of esters is 1. The van der Waals surface area contributed by atoms with Crippen molar-refractivity contribution in [2.24, 2.45) is 0 Å². The van der Waals surface area contributed by atoms with Gasteiger partial charge in [0.05, 0.1) is 13.7 Å². The van der Waals surface area contributed by atoms with Crippen molar-refractivity contribution in [3.8, 4) is 0 Å². The molecule has 1 aliphatic heterocycles. The minimum Gasteiger partial charge on any atom is -0.468 e. The van der Waals surface area contributed by atoms with Crippen LogP contribution in [0.3, 0.4) is 0 Å². The Kier molecular flexibility index (Phi) is 8.10. The monoisotopic (exact) mass is 449 g/mol. The third-order valence-electron chi connectivity index (χ3n) is 5.17. The number of rotatable bonds is 7. The largest absolute Gasteiger partial charge is 0.468 e. The van der Waals surface area contributed by atoms with Crippen molar-refractivity contribution in [1.29, 1.82) is 0 Å². The number of benzene rings is 2. The molecule has 0 aliphatic carbocycles. The van der Waals surface area contributed by atoms with Crippen molar-refractivity contribution < 1.29 is 14.3 Å². The van der Waals surface area contributed by atoms with E-state index in [2.05, 4.69) is 15.1 Å². The second-order valence-corrected chi connectivity index (χ2v) is 8.01. The first kappa shape index (κ1) is 22.6. The number of hydrogen-bond donors (Lipinski definition) is 1. The number of nitrogens with zero attached hydrogens (tertiary/aromatic N) is 2. The molecule has 1 heterocycles. The fourth-order valence-corrected chi connectivity index (χ4v) is 3.89. The molecule has 0 radical (unpaired) electrons. The molecule has 160 valence electrons. The summed E-state index contributed by atoms with van der Waals surface area (Å²) in [7, 11) is 1.38. The molecule has 1 fully saturated rings. The summed E-state index contributed by atoms with van der Waals surface area (Å²) in [6.07, 6.45) is 0. The standard InChI is InChI=1S/C22H25Cl2N3O3/c1-30-22(29)21(18-4-2-3-5-19(18)24)27-12-10-26(11-13-27)15-20(28)25-14-16-6-8-17(23)9-7-16/h2-9,21H,10-15H2,1H3,(H,25,28). The van der Waals surface area contributed by atoms with E-state index in [1.54, 1.807) is 18.2 Å². The van der Waals surface area contributed by atoms with Crippen molar-refractivity contribution in [3.63, 3.8) is 0 Å². The summed E-state index contributed by atoms with van der Waals surface area (Å²) in [5.74, 6) is -0.369. The maximum atomic E-state index is 12.5. The zero-order valence-corrected chi connectivity index (χ0v) is 18.3. The molecule has 1 saturated heterocycles. The zero-order valence-electron chi connectivity index (χ0n) is 16.8. The molecular weight excluding hydrogens is 425 g/mol. The Morgan fingerprint density at radius 1 is 1.03 bits per heavy atom. The summed E-state index contributed by atoms with van der Waals surface area (Å²) in [6.45, 7) is 3.40. The smallest absolute Gasteiger partial charge is 0.327 e. The average molecular weight is 450 g/mol. The van der Waals surface area contributed by atoms with Gasteiger partial charge in [0.2, 0.25) is 5.91 Å². The number of ether oxygens (including phenoxy) is 1. The fraction of sp³-hybridized carbons (Fsp3) is 0.364. The van der Waals surface area contributed by atoms with Gasteiger partial charge in [-0.05, 0) is 29.3 Å². The second kappa shape index (κ2) is 10.8. The van der Waals surface area contributed by atoms with Gasteiger partial charge in [-0.1, -0.05) is 53.5 Å². The van der Waals surface area contributed by atoms with E-state index < -0.39 is 6.04 Å². The normalized spacial score (nSPS) is 16.1. The maximum Gasteiger partial charge on any atom is 0.327 e. The van der Waals surface area contributed by atoms with Crippen LogP contribution in [0.2, 0.25) is 10.0 Å². The Hall–Kier alpha value is -2.12. The summed E-state index contributed by atoms with van der Waals surface area (Å²) in [6, 6.07) is 14.2. The lowest BCUT2D eigenvalue weighted by molar-refractivity contribution is -0.148. The molecule has 2 aromatic carbocycles. The molecule has 3 rings (SSSR count). The van der Waals surface area contributed by atoms with E-state index in [0.717, 1.165) is 11.1 Å². The molecule has 1 amide bonds. The summed E-state index contributed by atoms with van der Waals surface area (Å²) >= 11 is 12.2. The van der Waals surface area contributed by atoms with Gasteiger partial charge in [-0.2, -0.15) is 0 Å². The number of carbonyl (C=O) groups is 2. The van der Waals surface area contributed by atoms with Gasteiger partial charge in [-0.15, -0.1) is 0 Å². The molecular formula is C22H25Cl2N3O3. The number of piperazine rings is 1. The molecule has 0 bridgehead atoms. The zero-order chi connectivity index (χ0) is 21.5. The van der Waals surface area contributed by atoms with Crippen LogP contribution >= 0.6 is 23.2 Å². The van der Waals surface area contributed by atoms with Gasteiger partial charge < -0.3 is 10.1 Å². The van der Waals surface area contributed by atoms with Crippen LogP contribution in [-0.2, 0) is 20.9 Å². The van der Waals surface area contributed by atoms with Crippen LogP contribution < -0.4 is 5.32 Å². The second-order valence-electron chi connectivity index (χ2n) is 7.16. The van der Waals surface area contributed by atoms with Crippen molar-refractivity contribution in [1.82, 2.24) is 15.1 Å². The fourth-order valence-electron chi connectivity index (χ4n) is 3.52. The maximum absolute atomic E-state index is 12.5. The van der Waals surface area contributed by atoms with E-state index in [1.165, 1.54) is 7.11 Å². The molecule has 1 aliphatic rings. The van der Waals surface area contributed by atoms with E-state index in [9.17, 15) is 9.59 Å². The molecule has 30 heavy (non-hydrogen) atoms. The first-order valence-electron chi connectivity index (χ1n) is 9.77.